The number of hydrogen-bond donors (Lipinski definition) is 3. The first kappa shape index (κ1) is 10.2. The molecule has 1 heterocycles. The van der Waals surface area contributed by atoms with Crippen molar-refractivity contribution in [3.05, 3.63) is 41.6 Å². The molecule has 0 aliphatic heterocycles. The average molecular weight is 217 g/mol. The van der Waals surface area contributed by atoms with E-state index in [0.717, 1.165) is 5.69 Å². The van der Waals surface area contributed by atoms with Crippen molar-refractivity contribution in [2.45, 2.75) is 6.92 Å². The number of aromatic nitrogens is 2. The molecule has 1 aromatic heterocycles. The van der Waals surface area contributed by atoms with Crippen molar-refractivity contribution >= 4 is 11.7 Å². The van der Waals surface area contributed by atoms with Crippen LogP contribution in [0.1, 0.15) is 16.1 Å². The number of aromatic amines is 1. The average Bonchev–Trinajstić information content (AvgIpc) is 2.65. The van der Waals surface area contributed by atoms with E-state index in [1.807, 2.05) is 6.92 Å². The fraction of sp³-hybridized carbons (Fsp3) is 0.0909. The molecule has 5 heteroatoms. The highest BCUT2D eigenvalue weighted by atomic mass is 16.3. The van der Waals surface area contributed by atoms with E-state index in [0.29, 0.717) is 11.4 Å². The van der Waals surface area contributed by atoms with E-state index in [1.54, 1.807) is 18.2 Å². The number of phenolic OH excluding ortho intramolecular Hbond substituents is 1. The van der Waals surface area contributed by atoms with Crippen LogP contribution in [-0.4, -0.2) is 21.2 Å². The summed E-state index contributed by atoms with van der Waals surface area (Å²) in [7, 11) is 0. The smallest absolute Gasteiger partial charge is 0.256 e. The SMILES string of the molecule is Cc1cc(NC(=O)c2ccc(O)cc2)n[nH]1. The molecule has 0 radical (unpaired) electrons. The number of carbonyl (C=O) groups excluding carboxylic acids is 1. The molecule has 16 heavy (non-hydrogen) atoms. The number of benzene rings is 1. The standard InChI is InChI=1S/C11H11N3O2/c1-7-6-10(14-13-7)12-11(16)8-2-4-9(15)5-3-8/h2-6,15H,1H3,(H2,12,13,14,16). The molecule has 0 saturated heterocycles. The summed E-state index contributed by atoms with van der Waals surface area (Å²) in [5, 5.41) is 18.3. The van der Waals surface area contributed by atoms with Gasteiger partial charge < -0.3 is 10.4 Å². The maximum atomic E-state index is 11.7. The Kier molecular flexibility index (Phi) is 2.59. The number of aromatic hydroxyl groups is 1. The molecule has 0 atom stereocenters. The maximum absolute atomic E-state index is 11.7. The van der Waals surface area contributed by atoms with Crippen LogP contribution in [0.4, 0.5) is 5.82 Å². The highest BCUT2D eigenvalue weighted by Crippen LogP contribution is 2.11. The first-order valence-corrected chi connectivity index (χ1v) is 4.77. The molecular formula is C11H11N3O2. The number of hydrogen-bond acceptors (Lipinski definition) is 3. The first-order chi connectivity index (χ1) is 7.65. The monoisotopic (exact) mass is 217 g/mol. The van der Waals surface area contributed by atoms with Gasteiger partial charge in [0, 0.05) is 17.3 Å². The lowest BCUT2D eigenvalue weighted by molar-refractivity contribution is 0.102. The van der Waals surface area contributed by atoms with Gasteiger partial charge in [-0.25, -0.2) is 0 Å². The molecule has 0 saturated carbocycles. The maximum Gasteiger partial charge on any atom is 0.256 e. The molecule has 1 aromatic carbocycles. The summed E-state index contributed by atoms with van der Waals surface area (Å²) in [4.78, 5) is 11.7. The number of nitrogens with one attached hydrogen (secondary N) is 2. The normalized spacial score (nSPS) is 10.1. The Labute approximate surface area is 92.1 Å². The second-order valence-electron chi connectivity index (χ2n) is 3.44. The molecule has 0 bridgehead atoms. The largest absolute Gasteiger partial charge is 0.508 e. The van der Waals surface area contributed by atoms with E-state index in [4.69, 9.17) is 5.11 Å². The molecule has 0 aliphatic rings. The van der Waals surface area contributed by atoms with Gasteiger partial charge >= 0.3 is 0 Å². The predicted molar refractivity (Wildman–Crippen MR) is 59.4 cm³/mol. The molecule has 0 fully saturated rings. The third kappa shape index (κ3) is 2.20. The summed E-state index contributed by atoms with van der Waals surface area (Å²) in [6.45, 7) is 1.85. The zero-order valence-electron chi connectivity index (χ0n) is 8.69. The molecule has 82 valence electrons. The van der Waals surface area contributed by atoms with Crippen molar-refractivity contribution in [1.29, 1.82) is 0 Å². The zero-order chi connectivity index (χ0) is 11.5. The van der Waals surface area contributed by atoms with Crippen LogP contribution in [0.3, 0.4) is 0 Å². The van der Waals surface area contributed by atoms with Crippen LogP contribution in [0.25, 0.3) is 0 Å². The van der Waals surface area contributed by atoms with E-state index >= 15 is 0 Å². The summed E-state index contributed by atoms with van der Waals surface area (Å²) < 4.78 is 0. The number of H-pyrrole nitrogens is 1. The van der Waals surface area contributed by atoms with Crippen LogP contribution in [0, 0.1) is 6.92 Å². The number of nitrogens with zero attached hydrogens (tertiary/aromatic N) is 1. The molecule has 2 aromatic rings. The lowest BCUT2D eigenvalue weighted by Crippen LogP contribution is -2.11. The molecule has 0 aliphatic carbocycles. The molecule has 3 N–H and O–H groups in total. The molecule has 1 amide bonds. The molecule has 5 nitrogen and oxygen atoms in total. The zero-order valence-corrected chi connectivity index (χ0v) is 8.69. The number of anilines is 1. The van der Waals surface area contributed by atoms with E-state index in [9.17, 15) is 4.79 Å². The number of phenols is 1. The summed E-state index contributed by atoms with van der Waals surface area (Å²) >= 11 is 0. The topological polar surface area (TPSA) is 78.0 Å². The predicted octanol–water partition coefficient (Wildman–Crippen LogP) is 1.68. The van der Waals surface area contributed by atoms with Gasteiger partial charge in [-0.2, -0.15) is 5.10 Å². The Hall–Kier alpha value is -2.30. The fourth-order valence-electron chi connectivity index (χ4n) is 1.28. The molecule has 2 rings (SSSR count). The molecular weight excluding hydrogens is 206 g/mol. The number of rotatable bonds is 2. The van der Waals surface area contributed by atoms with Crippen LogP contribution >= 0.6 is 0 Å². The van der Waals surface area contributed by atoms with Crippen LogP contribution < -0.4 is 5.32 Å². The number of aryl methyl sites for hydroxylation is 1. The molecule has 0 unspecified atom stereocenters. The minimum absolute atomic E-state index is 0.132. The Morgan fingerprint density at radius 3 is 2.62 bits per heavy atom. The van der Waals surface area contributed by atoms with Gasteiger partial charge in [-0.05, 0) is 31.2 Å². The van der Waals surface area contributed by atoms with E-state index in [1.165, 1.54) is 12.1 Å². The van der Waals surface area contributed by atoms with Gasteiger partial charge in [-0.3, -0.25) is 9.89 Å². The minimum Gasteiger partial charge on any atom is -0.508 e. The summed E-state index contributed by atoms with van der Waals surface area (Å²) in [5.74, 6) is 0.356. The van der Waals surface area contributed by atoms with Crippen LogP contribution in [0.5, 0.6) is 5.75 Å². The Balaban J connectivity index is 2.11. The Bertz CT molecular complexity index is 502. The van der Waals surface area contributed by atoms with E-state index < -0.39 is 0 Å². The van der Waals surface area contributed by atoms with Gasteiger partial charge in [0.25, 0.3) is 5.91 Å². The van der Waals surface area contributed by atoms with Crippen molar-refractivity contribution < 1.29 is 9.90 Å². The summed E-state index contributed by atoms with van der Waals surface area (Å²) in [6, 6.07) is 7.75. The van der Waals surface area contributed by atoms with Crippen molar-refractivity contribution in [2.24, 2.45) is 0 Å². The Morgan fingerprint density at radius 1 is 1.38 bits per heavy atom. The number of carbonyl (C=O) groups is 1. The summed E-state index contributed by atoms with van der Waals surface area (Å²) in [6.07, 6.45) is 0. The third-order valence-electron chi connectivity index (χ3n) is 2.08. The van der Waals surface area contributed by atoms with Crippen molar-refractivity contribution in [1.82, 2.24) is 10.2 Å². The van der Waals surface area contributed by atoms with Gasteiger partial charge in [0.05, 0.1) is 0 Å². The van der Waals surface area contributed by atoms with Gasteiger partial charge in [0.1, 0.15) is 5.75 Å². The lowest BCUT2D eigenvalue weighted by Gasteiger charge is -2.01. The number of amides is 1. The van der Waals surface area contributed by atoms with Crippen LogP contribution in [0.15, 0.2) is 30.3 Å². The van der Waals surface area contributed by atoms with E-state index in [2.05, 4.69) is 15.5 Å². The minimum atomic E-state index is -0.258. The fourth-order valence-corrected chi connectivity index (χ4v) is 1.28. The van der Waals surface area contributed by atoms with Gasteiger partial charge in [-0.15, -0.1) is 0 Å². The van der Waals surface area contributed by atoms with Crippen LogP contribution in [0.2, 0.25) is 0 Å². The van der Waals surface area contributed by atoms with Crippen molar-refractivity contribution in [3.8, 4) is 5.75 Å². The van der Waals surface area contributed by atoms with Crippen molar-refractivity contribution in [3.63, 3.8) is 0 Å². The van der Waals surface area contributed by atoms with Gasteiger partial charge in [0.15, 0.2) is 5.82 Å². The quantitative estimate of drug-likeness (QED) is 0.716. The highest BCUT2D eigenvalue weighted by molar-refractivity contribution is 6.03. The highest BCUT2D eigenvalue weighted by Gasteiger charge is 2.07. The third-order valence-corrected chi connectivity index (χ3v) is 2.08. The van der Waals surface area contributed by atoms with Gasteiger partial charge in [0.2, 0.25) is 0 Å². The lowest BCUT2D eigenvalue weighted by atomic mass is 10.2. The van der Waals surface area contributed by atoms with Gasteiger partial charge in [-0.1, -0.05) is 0 Å². The van der Waals surface area contributed by atoms with Crippen LogP contribution in [-0.2, 0) is 0 Å². The Morgan fingerprint density at radius 2 is 2.06 bits per heavy atom. The first-order valence-electron chi connectivity index (χ1n) is 4.77. The van der Waals surface area contributed by atoms with E-state index in [-0.39, 0.29) is 11.7 Å². The summed E-state index contributed by atoms with van der Waals surface area (Å²) in [5.41, 5.74) is 1.35. The second kappa shape index (κ2) is 4.06. The second-order valence-corrected chi connectivity index (χ2v) is 3.44. The van der Waals surface area contributed by atoms with Crippen molar-refractivity contribution in [2.75, 3.05) is 5.32 Å². The molecule has 0 spiro atoms.